The van der Waals surface area contributed by atoms with Crippen molar-refractivity contribution in [3.63, 3.8) is 0 Å². The third-order valence-corrected chi connectivity index (χ3v) is 6.49. The second-order valence-corrected chi connectivity index (χ2v) is 9.51. The van der Waals surface area contributed by atoms with Gasteiger partial charge < -0.3 is 19.8 Å². The Labute approximate surface area is 170 Å². The van der Waals surface area contributed by atoms with Crippen molar-refractivity contribution in [2.24, 2.45) is 0 Å². The Kier molecular flexibility index (Phi) is 6.07. The molecule has 1 fully saturated rings. The number of hydrogen-bond donors (Lipinski definition) is 2. The fourth-order valence-electron chi connectivity index (χ4n) is 3.43. The lowest BCUT2D eigenvalue weighted by molar-refractivity contribution is 0.131. The number of nitrogens with zero attached hydrogens (tertiary/aromatic N) is 2. The van der Waals surface area contributed by atoms with E-state index < -0.39 is 15.9 Å². The Hall–Kier alpha value is -2.68. The quantitative estimate of drug-likeness (QED) is 0.692. The van der Waals surface area contributed by atoms with E-state index in [-0.39, 0.29) is 16.7 Å². The molecule has 9 heteroatoms. The minimum Gasteiger partial charge on any atom is -0.465 e. The molecule has 1 aliphatic rings. The van der Waals surface area contributed by atoms with Gasteiger partial charge >= 0.3 is 6.09 Å². The van der Waals surface area contributed by atoms with Crippen LogP contribution in [0.5, 0.6) is 0 Å². The predicted octanol–water partition coefficient (Wildman–Crippen LogP) is 3.30. The molecule has 0 spiro atoms. The van der Waals surface area contributed by atoms with Crippen LogP contribution in [0.25, 0.3) is 0 Å². The van der Waals surface area contributed by atoms with Gasteiger partial charge in [-0.3, -0.25) is 0 Å². The fourth-order valence-corrected chi connectivity index (χ4v) is 4.06. The van der Waals surface area contributed by atoms with Crippen molar-refractivity contribution in [1.82, 2.24) is 9.88 Å². The van der Waals surface area contributed by atoms with Crippen LogP contribution in [-0.4, -0.2) is 54.6 Å². The van der Waals surface area contributed by atoms with Crippen molar-refractivity contribution in [3.8, 4) is 0 Å². The van der Waals surface area contributed by atoms with E-state index in [0.717, 1.165) is 17.5 Å². The number of rotatable bonds is 6. The van der Waals surface area contributed by atoms with Crippen LogP contribution in [-0.2, 0) is 16.3 Å². The number of oxazole rings is 1. The maximum atomic E-state index is 11.5. The molecule has 1 amide bonds. The molecule has 8 nitrogen and oxygen atoms in total. The molecular weight excluding hydrogens is 394 g/mol. The van der Waals surface area contributed by atoms with Crippen molar-refractivity contribution in [1.29, 1.82) is 5.41 Å². The summed E-state index contributed by atoms with van der Waals surface area (Å²) in [4.78, 5) is 17.2. The number of amides is 1. The molecule has 1 saturated heterocycles. The summed E-state index contributed by atoms with van der Waals surface area (Å²) in [5.41, 5.74) is 2.08. The van der Waals surface area contributed by atoms with Crippen LogP contribution in [0, 0.1) is 5.41 Å². The number of hydrogen-bond acceptors (Lipinski definition) is 6. The number of nitrogens with one attached hydrogen (secondary N) is 1. The van der Waals surface area contributed by atoms with Gasteiger partial charge in [0.25, 0.3) is 0 Å². The molecule has 1 aliphatic heterocycles. The number of likely N-dealkylation sites (tertiary alicyclic amines) is 1. The average Bonchev–Trinajstić information content (AvgIpc) is 3.17. The highest BCUT2D eigenvalue weighted by atomic mass is 32.2. The normalized spacial score (nSPS) is 16.6. The minimum absolute atomic E-state index is 0.160. The summed E-state index contributed by atoms with van der Waals surface area (Å²) in [7, 11) is -3.24. The van der Waals surface area contributed by atoms with Crippen molar-refractivity contribution in [2.45, 2.75) is 42.9 Å². The first-order valence-electron chi connectivity index (χ1n) is 9.44. The lowest BCUT2D eigenvalue weighted by atomic mass is 9.94. The summed E-state index contributed by atoms with van der Waals surface area (Å²) < 4.78 is 28.7. The SMILES string of the molecule is CC(C(=N)Cc1ccc(S(C)(=O)=O)cc1)c1nc(C2CCN(C(=O)O)CC2)co1. The number of piperidine rings is 1. The first-order valence-corrected chi connectivity index (χ1v) is 11.3. The minimum atomic E-state index is -3.24. The van der Waals surface area contributed by atoms with Crippen molar-refractivity contribution >= 4 is 21.6 Å². The highest BCUT2D eigenvalue weighted by molar-refractivity contribution is 7.90. The predicted molar refractivity (Wildman–Crippen MR) is 107 cm³/mol. The van der Waals surface area contributed by atoms with Gasteiger partial charge in [-0.05, 0) is 37.5 Å². The van der Waals surface area contributed by atoms with Crippen molar-refractivity contribution in [3.05, 3.63) is 47.7 Å². The molecule has 1 aromatic carbocycles. The molecule has 3 rings (SSSR count). The van der Waals surface area contributed by atoms with Crippen LogP contribution in [0.15, 0.2) is 39.8 Å². The van der Waals surface area contributed by atoms with E-state index >= 15 is 0 Å². The summed E-state index contributed by atoms with van der Waals surface area (Å²) in [5.74, 6) is 0.323. The van der Waals surface area contributed by atoms with E-state index in [1.807, 2.05) is 6.92 Å². The van der Waals surface area contributed by atoms with Gasteiger partial charge in [0.2, 0.25) is 5.89 Å². The van der Waals surface area contributed by atoms with E-state index in [0.29, 0.717) is 44.0 Å². The lowest BCUT2D eigenvalue weighted by Gasteiger charge is -2.28. The number of benzene rings is 1. The van der Waals surface area contributed by atoms with Gasteiger partial charge in [-0.25, -0.2) is 18.2 Å². The fraction of sp³-hybridized carbons (Fsp3) is 0.450. The summed E-state index contributed by atoms with van der Waals surface area (Å²) >= 11 is 0. The van der Waals surface area contributed by atoms with Crippen LogP contribution in [0.4, 0.5) is 4.79 Å². The number of carboxylic acid groups (broad SMARTS) is 1. The van der Waals surface area contributed by atoms with Crippen LogP contribution in [0.1, 0.15) is 48.7 Å². The molecule has 2 aromatic rings. The molecule has 1 unspecified atom stereocenters. The lowest BCUT2D eigenvalue weighted by Crippen LogP contribution is -2.36. The molecule has 1 atom stereocenters. The van der Waals surface area contributed by atoms with E-state index in [9.17, 15) is 13.2 Å². The molecule has 29 heavy (non-hydrogen) atoms. The molecule has 2 N–H and O–H groups in total. The Balaban J connectivity index is 1.61. The van der Waals surface area contributed by atoms with Gasteiger partial charge in [-0.15, -0.1) is 0 Å². The van der Waals surface area contributed by atoms with Crippen LogP contribution in [0.3, 0.4) is 0 Å². The zero-order chi connectivity index (χ0) is 21.2. The molecule has 2 heterocycles. The van der Waals surface area contributed by atoms with Gasteiger partial charge in [0.15, 0.2) is 9.84 Å². The van der Waals surface area contributed by atoms with Gasteiger partial charge in [-0.2, -0.15) is 0 Å². The summed E-state index contributed by atoms with van der Waals surface area (Å²) in [5, 5.41) is 17.4. The largest absolute Gasteiger partial charge is 0.465 e. The standard InChI is InChI=1S/C20H25N3O5S/c1-13(17(21)11-14-3-5-16(6-4-14)29(2,26)27)19-22-18(12-28-19)15-7-9-23(10-8-15)20(24)25/h3-6,12-13,15,21H,7-11H2,1-2H3,(H,24,25). The third-order valence-electron chi connectivity index (χ3n) is 5.36. The monoisotopic (exact) mass is 419 g/mol. The highest BCUT2D eigenvalue weighted by Gasteiger charge is 2.27. The summed E-state index contributed by atoms with van der Waals surface area (Å²) in [6, 6.07) is 6.54. The molecule has 156 valence electrons. The van der Waals surface area contributed by atoms with Gasteiger partial charge in [0.05, 0.1) is 16.5 Å². The van der Waals surface area contributed by atoms with E-state index in [1.54, 1.807) is 30.5 Å². The van der Waals surface area contributed by atoms with E-state index in [2.05, 4.69) is 4.98 Å². The average molecular weight is 420 g/mol. The maximum Gasteiger partial charge on any atom is 0.407 e. The second kappa shape index (κ2) is 8.36. The Bertz CT molecular complexity index is 989. The molecule has 0 radical (unpaired) electrons. The molecule has 1 aromatic heterocycles. The van der Waals surface area contributed by atoms with Crippen molar-refractivity contribution in [2.75, 3.05) is 19.3 Å². The van der Waals surface area contributed by atoms with Crippen LogP contribution < -0.4 is 0 Å². The number of aromatic nitrogens is 1. The summed E-state index contributed by atoms with van der Waals surface area (Å²) in [6.45, 7) is 2.82. The Morgan fingerprint density at radius 2 is 1.93 bits per heavy atom. The Morgan fingerprint density at radius 3 is 2.48 bits per heavy atom. The molecule has 0 bridgehead atoms. The summed E-state index contributed by atoms with van der Waals surface area (Å²) in [6.07, 6.45) is 3.67. The zero-order valence-corrected chi connectivity index (χ0v) is 17.3. The van der Waals surface area contributed by atoms with Gasteiger partial charge in [0.1, 0.15) is 6.26 Å². The highest BCUT2D eigenvalue weighted by Crippen LogP contribution is 2.29. The molecular formula is C20H25N3O5S. The zero-order valence-electron chi connectivity index (χ0n) is 16.5. The number of sulfone groups is 1. The first-order chi connectivity index (χ1) is 13.6. The number of carbonyl (C=O) groups is 1. The van der Waals surface area contributed by atoms with E-state index in [4.69, 9.17) is 14.9 Å². The maximum absolute atomic E-state index is 11.5. The first kappa shape index (κ1) is 21.0. The molecule has 0 aliphatic carbocycles. The second-order valence-electron chi connectivity index (χ2n) is 7.49. The van der Waals surface area contributed by atoms with Crippen LogP contribution >= 0.6 is 0 Å². The Morgan fingerprint density at radius 1 is 1.31 bits per heavy atom. The van der Waals surface area contributed by atoms with Crippen LogP contribution in [0.2, 0.25) is 0 Å². The molecule has 0 saturated carbocycles. The third kappa shape index (κ3) is 5.03. The van der Waals surface area contributed by atoms with Crippen molar-refractivity contribution < 1.29 is 22.7 Å². The smallest absolute Gasteiger partial charge is 0.407 e. The topological polar surface area (TPSA) is 125 Å². The van der Waals surface area contributed by atoms with Gasteiger partial charge in [0, 0.05) is 37.4 Å². The van der Waals surface area contributed by atoms with Gasteiger partial charge in [-0.1, -0.05) is 12.1 Å². The van der Waals surface area contributed by atoms with E-state index in [1.165, 1.54) is 4.90 Å².